The van der Waals surface area contributed by atoms with Crippen LogP contribution in [-0.2, 0) is 4.79 Å². The molecule has 0 unspecified atom stereocenters. The van der Waals surface area contributed by atoms with Crippen LogP contribution in [0.4, 0.5) is 17.1 Å². The fourth-order valence-corrected chi connectivity index (χ4v) is 3.42. The lowest BCUT2D eigenvalue weighted by Gasteiger charge is -2.20. The summed E-state index contributed by atoms with van der Waals surface area (Å²) in [5.41, 5.74) is 2.08. The summed E-state index contributed by atoms with van der Waals surface area (Å²) in [6.45, 7) is 1.88. The van der Waals surface area contributed by atoms with Gasteiger partial charge in [0, 0.05) is 29.4 Å². The lowest BCUT2D eigenvalue weighted by molar-refractivity contribution is -0.116. The number of hydrogen-bond acceptors (Lipinski definition) is 7. The van der Waals surface area contributed by atoms with E-state index < -0.39 is 6.04 Å². The number of fused-ring (bicyclic) bond motifs is 1. The van der Waals surface area contributed by atoms with Crippen LogP contribution in [0.15, 0.2) is 60.7 Å². The SMILES string of the molecule is COc1cc(N[C@H](C)C(=O)Nc2ccc3c(c2)OCO3)c(OC)cc1NC(=O)c1ccccc1. The molecule has 9 heteroatoms. The Hall–Kier alpha value is -4.40. The quantitative estimate of drug-likeness (QED) is 0.461. The highest BCUT2D eigenvalue weighted by atomic mass is 16.7. The zero-order valence-electron chi connectivity index (χ0n) is 19.0. The van der Waals surface area contributed by atoms with Crippen LogP contribution >= 0.6 is 0 Å². The van der Waals surface area contributed by atoms with Gasteiger partial charge in [-0.2, -0.15) is 0 Å². The van der Waals surface area contributed by atoms with Crippen molar-refractivity contribution in [2.45, 2.75) is 13.0 Å². The average Bonchev–Trinajstić information content (AvgIpc) is 3.33. The maximum atomic E-state index is 12.8. The van der Waals surface area contributed by atoms with E-state index in [0.29, 0.717) is 45.6 Å². The first-order chi connectivity index (χ1) is 16.5. The lowest BCUT2D eigenvalue weighted by atomic mass is 10.1. The average molecular weight is 463 g/mol. The third-order valence-corrected chi connectivity index (χ3v) is 5.21. The fourth-order valence-electron chi connectivity index (χ4n) is 3.42. The van der Waals surface area contributed by atoms with Gasteiger partial charge in [-0.05, 0) is 31.2 Å². The zero-order valence-corrected chi connectivity index (χ0v) is 19.0. The standard InChI is InChI=1S/C25H25N3O6/c1-15(24(29)27-17-9-10-20-23(11-17)34-14-33-20)26-18-12-22(32-3)19(13-21(18)31-2)28-25(30)16-7-5-4-6-8-16/h4-13,15,26H,14H2,1-3H3,(H,27,29)(H,28,30)/t15-/m1/s1. The summed E-state index contributed by atoms with van der Waals surface area (Å²) in [6, 6.07) is 16.7. The molecule has 0 radical (unpaired) electrons. The molecule has 3 aromatic rings. The van der Waals surface area contributed by atoms with Crippen LogP contribution in [0.2, 0.25) is 0 Å². The molecule has 0 bridgehead atoms. The van der Waals surface area contributed by atoms with Crippen molar-refractivity contribution in [3.8, 4) is 23.0 Å². The number of carbonyl (C=O) groups is 2. The summed E-state index contributed by atoms with van der Waals surface area (Å²) in [4.78, 5) is 25.4. The number of benzene rings is 3. The largest absolute Gasteiger partial charge is 0.495 e. The number of methoxy groups -OCH3 is 2. The minimum absolute atomic E-state index is 0.161. The van der Waals surface area contributed by atoms with E-state index in [1.54, 1.807) is 61.5 Å². The topological polar surface area (TPSA) is 107 Å². The van der Waals surface area contributed by atoms with Gasteiger partial charge in [0.05, 0.1) is 25.6 Å². The van der Waals surface area contributed by atoms with E-state index in [1.807, 2.05) is 6.07 Å². The third-order valence-electron chi connectivity index (χ3n) is 5.21. The van der Waals surface area contributed by atoms with Crippen molar-refractivity contribution in [2.75, 3.05) is 37.0 Å². The van der Waals surface area contributed by atoms with Gasteiger partial charge in [-0.1, -0.05) is 18.2 Å². The molecule has 0 spiro atoms. The Labute approximate surface area is 197 Å². The van der Waals surface area contributed by atoms with Crippen molar-refractivity contribution < 1.29 is 28.5 Å². The van der Waals surface area contributed by atoms with Gasteiger partial charge in [0.25, 0.3) is 5.91 Å². The zero-order chi connectivity index (χ0) is 24.1. The summed E-state index contributed by atoms with van der Waals surface area (Å²) in [7, 11) is 3.01. The van der Waals surface area contributed by atoms with Gasteiger partial charge in [-0.25, -0.2) is 0 Å². The molecule has 3 N–H and O–H groups in total. The molecule has 2 amide bonds. The molecule has 1 aliphatic rings. The van der Waals surface area contributed by atoms with Crippen molar-refractivity contribution >= 4 is 28.9 Å². The third kappa shape index (κ3) is 4.98. The van der Waals surface area contributed by atoms with E-state index in [0.717, 1.165) is 0 Å². The predicted octanol–water partition coefficient (Wildman–Crippen LogP) is 4.12. The highest BCUT2D eigenvalue weighted by Crippen LogP contribution is 2.37. The van der Waals surface area contributed by atoms with E-state index in [-0.39, 0.29) is 18.6 Å². The molecule has 0 fully saturated rings. The van der Waals surface area contributed by atoms with Crippen molar-refractivity contribution in [1.29, 1.82) is 0 Å². The molecule has 3 aromatic carbocycles. The van der Waals surface area contributed by atoms with E-state index in [4.69, 9.17) is 18.9 Å². The number of rotatable bonds is 8. The van der Waals surface area contributed by atoms with Gasteiger partial charge in [0.15, 0.2) is 11.5 Å². The molecule has 0 aliphatic carbocycles. The predicted molar refractivity (Wildman–Crippen MR) is 128 cm³/mol. The van der Waals surface area contributed by atoms with Crippen LogP contribution in [0.1, 0.15) is 17.3 Å². The summed E-state index contributed by atoms with van der Waals surface area (Å²) in [5, 5.41) is 8.82. The number of carbonyl (C=O) groups excluding carboxylic acids is 2. The first kappa shape index (κ1) is 22.8. The first-order valence-corrected chi connectivity index (χ1v) is 10.6. The van der Waals surface area contributed by atoms with Gasteiger partial charge < -0.3 is 34.9 Å². The number of nitrogens with one attached hydrogen (secondary N) is 3. The summed E-state index contributed by atoms with van der Waals surface area (Å²) >= 11 is 0. The molecule has 176 valence electrons. The van der Waals surface area contributed by atoms with Gasteiger partial charge in [-0.3, -0.25) is 9.59 Å². The Bertz CT molecular complexity index is 1200. The molecule has 0 saturated carbocycles. The maximum Gasteiger partial charge on any atom is 0.255 e. The lowest BCUT2D eigenvalue weighted by Crippen LogP contribution is -2.32. The molecular weight excluding hydrogens is 438 g/mol. The normalized spacial score (nSPS) is 12.4. The van der Waals surface area contributed by atoms with Crippen molar-refractivity contribution in [3.63, 3.8) is 0 Å². The molecule has 34 heavy (non-hydrogen) atoms. The minimum Gasteiger partial charge on any atom is -0.495 e. The van der Waals surface area contributed by atoms with E-state index >= 15 is 0 Å². The second-order valence-electron chi connectivity index (χ2n) is 7.50. The Morgan fingerprint density at radius 1 is 0.853 bits per heavy atom. The van der Waals surface area contributed by atoms with Crippen LogP contribution in [0, 0.1) is 0 Å². The van der Waals surface area contributed by atoms with Crippen molar-refractivity contribution in [3.05, 3.63) is 66.2 Å². The summed E-state index contributed by atoms with van der Waals surface area (Å²) in [5.74, 6) is 1.53. The molecule has 0 saturated heterocycles. The molecule has 4 rings (SSSR count). The van der Waals surface area contributed by atoms with Crippen LogP contribution in [0.25, 0.3) is 0 Å². The van der Waals surface area contributed by atoms with Crippen LogP contribution in [-0.4, -0.2) is 38.9 Å². The Kier molecular flexibility index (Phi) is 6.72. The Morgan fingerprint density at radius 3 is 2.26 bits per heavy atom. The molecule has 0 aromatic heterocycles. The van der Waals surface area contributed by atoms with Gasteiger partial charge in [0.2, 0.25) is 12.7 Å². The number of anilines is 3. The van der Waals surface area contributed by atoms with Crippen molar-refractivity contribution in [1.82, 2.24) is 0 Å². The number of amides is 2. The second kappa shape index (κ2) is 10.0. The van der Waals surface area contributed by atoms with Crippen molar-refractivity contribution in [2.24, 2.45) is 0 Å². The summed E-state index contributed by atoms with van der Waals surface area (Å²) < 4.78 is 21.6. The van der Waals surface area contributed by atoms with Crippen LogP contribution in [0.5, 0.6) is 23.0 Å². The highest BCUT2D eigenvalue weighted by Gasteiger charge is 2.20. The maximum absolute atomic E-state index is 12.8. The monoisotopic (exact) mass is 463 g/mol. The molecular formula is C25H25N3O6. The molecule has 1 atom stereocenters. The fraction of sp³-hybridized carbons (Fsp3) is 0.200. The van der Waals surface area contributed by atoms with Crippen LogP contribution < -0.4 is 34.9 Å². The number of hydrogen-bond donors (Lipinski definition) is 3. The minimum atomic E-state index is -0.617. The van der Waals surface area contributed by atoms with E-state index in [1.165, 1.54) is 14.2 Å². The van der Waals surface area contributed by atoms with E-state index in [9.17, 15) is 9.59 Å². The van der Waals surface area contributed by atoms with Gasteiger partial charge in [-0.15, -0.1) is 0 Å². The van der Waals surface area contributed by atoms with Crippen LogP contribution in [0.3, 0.4) is 0 Å². The Morgan fingerprint density at radius 2 is 1.53 bits per heavy atom. The van der Waals surface area contributed by atoms with Gasteiger partial charge in [0.1, 0.15) is 17.5 Å². The molecule has 1 heterocycles. The molecule has 1 aliphatic heterocycles. The first-order valence-electron chi connectivity index (χ1n) is 10.6. The molecule has 9 nitrogen and oxygen atoms in total. The Balaban J connectivity index is 1.48. The smallest absolute Gasteiger partial charge is 0.255 e. The number of ether oxygens (including phenoxy) is 4. The van der Waals surface area contributed by atoms with Gasteiger partial charge >= 0.3 is 0 Å². The highest BCUT2D eigenvalue weighted by molar-refractivity contribution is 6.05. The summed E-state index contributed by atoms with van der Waals surface area (Å²) in [6.07, 6.45) is 0. The van der Waals surface area contributed by atoms with E-state index in [2.05, 4.69) is 16.0 Å². The second-order valence-corrected chi connectivity index (χ2v) is 7.50.